The van der Waals surface area contributed by atoms with Gasteiger partial charge in [0.05, 0.1) is 4.90 Å². The highest BCUT2D eigenvalue weighted by atomic mass is 32.2. The maximum absolute atomic E-state index is 12.6. The summed E-state index contributed by atoms with van der Waals surface area (Å²) in [6, 6.07) is 10.5. The van der Waals surface area contributed by atoms with Crippen molar-refractivity contribution in [1.82, 2.24) is 4.72 Å². The number of hydrogen-bond acceptors (Lipinski definition) is 3. The first-order valence-corrected chi connectivity index (χ1v) is 8.76. The lowest BCUT2D eigenvalue weighted by molar-refractivity contribution is 0.513. The Morgan fingerprint density at radius 3 is 2.62 bits per heavy atom. The minimum Gasteiger partial charge on any atom is -0.399 e. The number of nitrogens with one attached hydrogen (secondary N) is 1. The van der Waals surface area contributed by atoms with Crippen molar-refractivity contribution < 1.29 is 8.42 Å². The van der Waals surface area contributed by atoms with Gasteiger partial charge in [0.1, 0.15) is 0 Å². The van der Waals surface area contributed by atoms with Gasteiger partial charge in [0.15, 0.2) is 0 Å². The molecule has 0 bridgehead atoms. The predicted molar refractivity (Wildman–Crippen MR) is 87.7 cm³/mol. The van der Waals surface area contributed by atoms with E-state index in [1.807, 2.05) is 13.0 Å². The number of nitrogens with two attached hydrogens (primary N) is 1. The standard InChI is InChI=1S/C16H22N2O2S/c1-3-6-14(4-2)18-21(19,20)16-8-5-7-12-11-13(17)9-10-15(12)16/h5,7-11,14,18H,3-4,6,17H2,1-2H3. The zero-order chi connectivity index (χ0) is 15.5. The Morgan fingerprint density at radius 1 is 1.19 bits per heavy atom. The van der Waals surface area contributed by atoms with Crippen LogP contribution in [0.3, 0.4) is 0 Å². The van der Waals surface area contributed by atoms with E-state index in [4.69, 9.17) is 5.73 Å². The van der Waals surface area contributed by atoms with Gasteiger partial charge in [-0.25, -0.2) is 13.1 Å². The second kappa shape index (κ2) is 6.45. The first kappa shape index (κ1) is 15.8. The molecule has 1 unspecified atom stereocenters. The van der Waals surface area contributed by atoms with Crippen molar-refractivity contribution in [2.45, 2.75) is 44.0 Å². The first-order valence-electron chi connectivity index (χ1n) is 7.28. The summed E-state index contributed by atoms with van der Waals surface area (Å²) in [7, 11) is -3.52. The summed E-state index contributed by atoms with van der Waals surface area (Å²) in [6.45, 7) is 4.05. The molecule has 5 heteroatoms. The molecule has 0 heterocycles. The Bertz CT molecular complexity index is 726. The van der Waals surface area contributed by atoms with Crippen molar-refractivity contribution >= 4 is 26.5 Å². The van der Waals surface area contributed by atoms with Gasteiger partial charge in [-0.2, -0.15) is 0 Å². The molecular formula is C16H22N2O2S. The second-order valence-corrected chi connectivity index (χ2v) is 6.93. The van der Waals surface area contributed by atoms with Crippen LogP contribution in [0.1, 0.15) is 33.1 Å². The molecule has 0 saturated heterocycles. The van der Waals surface area contributed by atoms with Crippen LogP contribution >= 0.6 is 0 Å². The molecule has 1 atom stereocenters. The lowest BCUT2D eigenvalue weighted by Gasteiger charge is -2.17. The van der Waals surface area contributed by atoms with E-state index in [0.717, 1.165) is 24.6 Å². The van der Waals surface area contributed by atoms with Crippen LogP contribution in [-0.4, -0.2) is 14.5 Å². The van der Waals surface area contributed by atoms with Gasteiger partial charge in [0.2, 0.25) is 10.0 Å². The van der Waals surface area contributed by atoms with Crippen LogP contribution in [0.5, 0.6) is 0 Å². The van der Waals surface area contributed by atoms with E-state index >= 15 is 0 Å². The lowest BCUT2D eigenvalue weighted by atomic mass is 10.1. The van der Waals surface area contributed by atoms with E-state index in [1.54, 1.807) is 30.3 Å². The molecule has 0 aliphatic heterocycles. The summed E-state index contributed by atoms with van der Waals surface area (Å²) in [5.74, 6) is 0. The van der Waals surface area contributed by atoms with E-state index in [9.17, 15) is 8.42 Å². The Kier molecular flexibility index (Phi) is 4.85. The van der Waals surface area contributed by atoms with Gasteiger partial charge in [0.25, 0.3) is 0 Å². The van der Waals surface area contributed by atoms with Gasteiger partial charge in [-0.3, -0.25) is 0 Å². The van der Waals surface area contributed by atoms with Crippen molar-refractivity contribution in [3.8, 4) is 0 Å². The highest BCUT2D eigenvalue weighted by Crippen LogP contribution is 2.25. The molecule has 4 nitrogen and oxygen atoms in total. The molecule has 2 rings (SSSR count). The number of nitrogen functional groups attached to an aromatic ring is 1. The van der Waals surface area contributed by atoms with Crippen LogP contribution in [-0.2, 0) is 10.0 Å². The molecule has 0 radical (unpaired) electrons. The van der Waals surface area contributed by atoms with E-state index in [1.165, 1.54) is 0 Å². The van der Waals surface area contributed by atoms with Crippen LogP contribution in [0.2, 0.25) is 0 Å². The highest BCUT2D eigenvalue weighted by molar-refractivity contribution is 7.89. The number of sulfonamides is 1. The summed E-state index contributed by atoms with van der Waals surface area (Å²) in [5, 5.41) is 1.53. The van der Waals surface area contributed by atoms with Gasteiger partial charge in [0, 0.05) is 17.1 Å². The summed E-state index contributed by atoms with van der Waals surface area (Å²) in [4.78, 5) is 0.314. The lowest BCUT2D eigenvalue weighted by Crippen LogP contribution is -2.34. The zero-order valence-corrected chi connectivity index (χ0v) is 13.3. The zero-order valence-electron chi connectivity index (χ0n) is 12.5. The maximum Gasteiger partial charge on any atom is 0.241 e. The fraction of sp³-hybridized carbons (Fsp3) is 0.375. The van der Waals surface area contributed by atoms with Gasteiger partial charge in [-0.1, -0.05) is 38.5 Å². The minimum atomic E-state index is -3.52. The Labute approximate surface area is 126 Å². The molecule has 0 spiro atoms. The van der Waals surface area contributed by atoms with E-state index in [-0.39, 0.29) is 6.04 Å². The number of fused-ring (bicyclic) bond motifs is 1. The predicted octanol–water partition coefficient (Wildman–Crippen LogP) is 3.28. The summed E-state index contributed by atoms with van der Waals surface area (Å²) in [5.41, 5.74) is 6.39. The molecule has 0 amide bonds. The van der Waals surface area contributed by atoms with Crippen LogP contribution < -0.4 is 10.5 Å². The molecule has 114 valence electrons. The van der Waals surface area contributed by atoms with Crippen LogP contribution in [0.15, 0.2) is 41.3 Å². The minimum absolute atomic E-state index is 0.0240. The van der Waals surface area contributed by atoms with Crippen LogP contribution in [0.4, 0.5) is 5.69 Å². The number of hydrogen-bond donors (Lipinski definition) is 2. The summed E-state index contributed by atoms with van der Waals surface area (Å²) < 4.78 is 28.1. The molecule has 0 aliphatic rings. The normalized spacial score (nSPS) is 13.4. The van der Waals surface area contributed by atoms with Gasteiger partial charge >= 0.3 is 0 Å². The van der Waals surface area contributed by atoms with E-state index in [0.29, 0.717) is 16.0 Å². The van der Waals surface area contributed by atoms with E-state index < -0.39 is 10.0 Å². The highest BCUT2D eigenvalue weighted by Gasteiger charge is 2.20. The number of anilines is 1. The van der Waals surface area contributed by atoms with E-state index in [2.05, 4.69) is 11.6 Å². The Morgan fingerprint density at radius 2 is 1.95 bits per heavy atom. The Balaban J connectivity index is 2.45. The third kappa shape index (κ3) is 3.54. The average molecular weight is 306 g/mol. The number of rotatable bonds is 6. The third-order valence-corrected chi connectivity index (χ3v) is 5.18. The second-order valence-electron chi connectivity index (χ2n) is 5.25. The molecule has 21 heavy (non-hydrogen) atoms. The van der Waals surface area contributed by atoms with Crippen molar-refractivity contribution in [1.29, 1.82) is 0 Å². The van der Waals surface area contributed by atoms with Crippen LogP contribution in [0.25, 0.3) is 10.8 Å². The van der Waals surface area contributed by atoms with Crippen LogP contribution in [0, 0.1) is 0 Å². The van der Waals surface area contributed by atoms with Gasteiger partial charge in [-0.15, -0.1) is 0 Å². The van der Waals surface area contributed by atoms with Crippen molar-refractivity contribution in [2.75, 3.05) is 5.73 Å². The topological polar surface area (TPSA) is 72.2 Å². The quantitative estimate of drug-likeness (QED) is 0.804. The molecular weight excluding hydrogens is 284 g/mol. The molecule has 2 aromatic rings. The fourth-order valence-corrected chi connectivity index (χ4v) is 4.07. The summed E-state index contributed by atoms with van der Waals surface area (Å²) in [6.07, 6.45) is 2.57. The maximum atomic E-state index is 12.6. The molecule has 0 aromatic heterocycles. The average Bonchev–Trinajstić information content (AvgIpc) is 2.45. The molecule has 0 aliphatic carbocycles. The monoisotopic (exact) mass is 306 g/mol. The SMILES string of the molecule is CCCC(CC)NS(=O)(=O)c1cccc2cc(N)ccc12. The molecule has 2 aromatic carbocycles. The molecule has 0 fully saturated rings. The van der Waals surface area contributed by atoms with Crippen molar-refractivity contribution in [3.63, 3.8) is 0 Å². The van der Waals surface area contributed by atoms with Gasteiger partial charge < -0.3 is 5.73 Å². The first-order chi connectivity index (χ1) is 9.97. The van der Waals surface area contributed by atoms with Crippen molar-refractivity contribution in [2.24, 2.45) is 0 Å². The fourth-order valence-electron chi connectivity index (χ4n) is 2.48. The number of benzene rings is 2. The Hall–Kier alpha value is -1.59. The third-order valence-electron chi connectivity index (χ3n) is 3.61. The smallest absolute Gasteiger partial charge is 0.241 e. The molecule has 0 saturated carbocycles. The van der Waals surface area contributed by atoms with Gasteiger partial charge in [-0.05, 0) is 36.4 Å². The van der Waals surface area contributed by atoms with Crippen molar-refractivity contribution in [3.05, 3.63) is 36.4 Å². The summed E-state index contributed by atoms with van der Waals surface area (Å²) >= 11 is 0. The molecule has 3 N–H and O–H groups in total. The largest absolute Gasteiger partial charge is 0.399 e.